The highest BCUT2D eigenvalue weighted by molar-refractivity contribution is 4.96. The van der Waals surface area contributed by atoms with E-state index in [4.69, 9.17) is 10.5 Å². The van der Waals surface area contributed by atoms with Crippen molar-refractivity contribution >= 4 is 0 Å². The third-order valence-corrected chi connectivity index (χ3v) is 4.36. The molecular formula is C14H26N4O. The lowest BCUT2D eigenvalue weighted by atomic mass is 9.82. The normalized spacial score (nSPS) is 32.7. The summed E-state index contributed by atoms with van der Waals surface area (Å²) < 4.78 is 7.85. The number of aromatic nitrogens is 3. The van der Waals surface area contributed by atoms with Gasteiger partial charge < -0.3 is 10.5 Å². The van der Waals surface area contributed by atoms with Crippen molar-refractivity contribution in [2.75, 3.05) is 0 Å². The molecule has 5 nitrogen and oxygen atoms in total. The van der Waals surface area contributed by atoms with Gasteiger partial charge in [0, 0.05) is 24.9 Å². The Balaban J connectivity index is 2.04. The Labute approximate surface area is 115 Å². The largest absolute Gasteiger partial charge is 0.375 e. The predicted octanol–water partition coefficient (Wildman–Crippen LogP) is 1.62. The van der Waals surface area contributed by atoms with E-state index in [0.29, 0.717) is 17.9 Å². The summed E-state index contributed by atoms with van der Waals surface area (Å²) in [5, 5.41) is 4.26. The van der Waals surface area contributed by atoms with Crippen LogP contribution in [0.5, 0.6) is 0 Å². The highest BCUT2D eigenvalue weighted by Crippen LogP contribution is 2.34. The number of ether oxygens (including phenoxy) is 1. The average molecular weight is 266 g/mol. The standard InChI is InChI=1S/C14H26N4O/c1-5-6-18-13(16-8-17-18)7-12(15)14-9(2)10(3)19-11(14)4/h8-12,14H,5-7,15H2,1-4H3. The van der Waals surface area contributed by atoms with E-state index >= 15 is 0 Å². The van der Waals surface area contributed by atoms with Crippen LogP contribution in [0.25, 0.3) is 0 Å². The molecule has 0 aromatic carbocycles. The summed E-state index contributed by atoms with van der Waals surface area (Å²) in [7, 11) is 0. The number of aryl methyl sites for hydroxylation is 1. The van der Waals surface area contributed by atoms with Crippen molar-refractivity contribution < 1.29 is 4.74 Å². The maximum Gasteiger partial charge on any atom is 0.138 e. The molecular weight excluding hydrogens is 240 g/mol. The first-order valence-corrected chi connectivity index (χ1v) is 7.32. The van der Waals surface area contributed by atoms with Gasteiger partial charge in [0.25, 0.3) is 0 Å². The number of rotatable bonds is 5. The highest BCUT2D eigenvalue weighted by Gasteiger charge is 2.40. The maximum absolute atomic E-state index is 6.42. The van der Waals surface area contributed by atoms with Gasteiger partial charge in [0.2, 0.25) is 0 Å². The Kier molecular flexibility index (Phi) is 4.58. The molecule has 19 heavy (non-hydrogen) atoms. The second-order valence-electron chi connectivity index (χ2n) is 5.75. The molecule has 0 saturated carbocycles. The quantitative estimate of drug-likeness (QED) is 0.879. The van der Waals surface area contributed by atoms with Crippen LogP contribution in [0, 0.1) is 11.8 Å². The van der Waals surface area contributed by atoms with E-state index in [2.05, 4.69) is 37.8 Å². The molecule has 1 saturated heterocycles. The van der Waals surface area contributed by atoms with Gasteiger partial charge in [-0.1, -0.05) is 13.8 Å². The lowest BCUT2D eigenvalue weighted by molar-refractivity contribution is 0.0489. The summed E-state index contributed by atoms with van der Waals surface area (Å²) >= 11 is 0. The van der Waals surface area contributed by atoms with Gasteiger partial charge in [-0.3, -0.25) is 4.68 Å². The van der Waals surface area contributed by atoms with Crippen LogP contribution in [0.1, 0.15) is 39.9 Å². The molecule has 5 heteroatoms. The molecule has 2 rings (SSSR count). The summed E-state index contributed by atoms with van der Waals surface area (Å²) in [6.45, 7) is 9.54. The minimum Gasteiger partial charge on any atom is -0.375 e. The zero-order chi connectivity index (χ0) is 14.0. The van der Waals surface area contributed by atoms with E-state index < -0.39 is 0 Å². The van der Waals surface area contributed by atoms with Crippen molar-refractivity contribution in [1.82, 2.24) is 14.8 Å². The lowest BCUT2D eigenvalue weighted by Gasteiger charge is -2.25. The van der Waals surface area contributed by atoms with Crippen LogP contribution >= 0.6 is 0 Å². The summed E-state index contributed by atoms with van der Waals surface area (Å²) in [5.74, 6) is 1.88. The molecule has 0 amide bonds. The summed E-state index contributed by atoms with van der Waals surface area (Å²) in [6.07, 6.45) is 3.97. The topological polar surface area (TPSA) is 66.0 Å². The van der Waals surface area contributed by atoms with E-state index in [1.54, 1.807) is 6.33 Å². The summed E-state index contributed by atoms with van der Waals surface area (Å²) in [5.41, 5.74) is 6.42. The van der Waals surface area contributed by atoms with E-state index in [-0.39, 0.29) is 12.1 Å². The van der Waals surface area contributed by atoms with Gasteiger partial charge in [0.1, 0.15) is 12.2 Å². The fraction of sp³-hybridized carbons (Fsp3) is 0.857. The van der Waals surface area contributed by atoms with E-state index in [0.717, 1.165) is 25.2 Å². The first-order chi connectivity index (χ1) is 9.04. The molecule has 0 spiro atoms. The number of hydrogen-bond acceptors (Lipinski definition) is 4. The monoisotopic (exact) mass is 266 g/mol. The number of nitrogens with zero attached hydrogens (tertiary/aromatic N) is 3. The molecule has 5 atom stereocenters. The van der Waals surface area contributed by atoms with Gasteiger partial charge in [0.05, 0.1) is 12.2 Å². The Morgan fingerprint density at radius 3 is 2.68 bits per heavy atom. The van der Waals surface area contributed by atoms with Crippen LogP contribution in [0.2, 0.25) is 0 Å². The highest BCUT2D eigenvalue weighted by atomic mass is 16.5. The molecule has 2 heterocycles. The van der Waals surface area contributed by atoms with Gasteiger partial charge >= 0.3 is 0 Å². The van der Waals surface area contributed by atoms with Crippen LogP contribution in [0.4, 0.5) is 0 Å². The van der Waals surface area contributed by atoms with Gasteiger partial charge in [-0.05, 0) is 26.2 Å². The van der Waals surface area contributed by atoms with Gasteiger partial charge in [-0.25, -0.2) is 4.98 Å². The van der Waals surface area contributed by atoms with Gasteiger partial charge in [-0.2, -0.15) is 5.10 Å². The van der Waals surface area contributed by atoms with Crippen molar-refractivity contribution in [3.8, 4) is 0 Å². The molecule has 1 aromatic heterocycles. The van der Waals surface area contributed by atoms with Crippen LogP contribution in [-0.4, -0.2) is 33.0 Å². The minimum atomic E-state index is 0.0785. The predicted molar refractivity (Wildman–Crippen MR) is 74.7 cm³/mol. The minimum absolute atomic E-state index is 0.0785. The number of hydrogen-bond donors (Lipinski definition) is 1. The maximum atomic E-state index is 6.42. The van der Waals surface area contributed by atoms with Crippen LogP contribution in [0.15, 0.2) is 6.33 Å². The first-order valence-electron chi connectivity index (χ1n) is 7.32. The van der Waals surface area contributed by atoms with Crippen LogP contribution in [-0.2, 0) is 17.7 Å². The smallest absolute Gasteiger partial charge is 0.138 e. The van der Waals surface area contributed by atoms with Crippen molar-refractivity contribution in [3.05, 3.63) is 12.2 Å². The second-order valence-corrected chi connectivity index (χ2v) is 5.75. The van der Waals surface area contributed by atoms with Crippen LogP contribution < -0.4 is 5.73 Å². The first kappa shape index (κ1) is 14.5. The van der Waals surface area contributed by atoms with E-state index in [9.17, 15) is 0 Å². The number of nitrogens with two attached hydrogens (primary N) is 1. The van der Waals surface area contributed by atoms with E-state index in [1.165, 1.54) is 0 Å². The Morgan fingerprint density at radius 2 is 2.11 bits per heavy atom. The molecule has 1 aliphatic rings. The molecule has 108 valence electrons. The Hall–Kier alpha value is -0.940. The van der Waals surface area contributed by atoms with Crippen molar-refractivity contribution in [2.45, 2.75) is 65.3 Å². The van der Waals surface area contributed by atoms with Gasteiger partial charge in [0.15, 0.2) is 0 Å². The van der Waals surface area contributed by atoms with E-state index in [1.807, 2.05) is 4.68 Å². The molecule has 0 bridgehead atoms. The van der Waals surface area contributed by atoms with Crippen molar-refractivity contribution in [3.63, 3.8) is 0 Å². The fourth-order valence-corrected chi connectivity index (χ4v) is 3.22. The lowest BCUT2D eigenvalue weighted by Crippen LogP contribution is -2.40. The zero-order valence-corrected chi connectivity index (χ0v) is 12.4. The summed E-state index contributed by atoms with van der Waals surface area (Å²) in [4.78, 5) is 4.35. The Bertz CT molecular complexity index is 406. The summed E-state index contributed by atoms with van der Waals surface area (Å²) in [6, 6.07) is 0.0785. The third-order valence-electron chi connectivity index (χ3n) is 4.36. The second kappa shape index (κ2) is 6.01. The Morgan fingerprint density at radius 1 is 1.37 bits per heavy atom. The molecule has 0 aliphatic carbocycles. The van der Waals surface area contributed by atoms with Crippen LogP contribution in [0.3, 0.4) is 0 Å². The molecule has 0 radical (unpaired) electrons. The zero-order valence-electron chi connectivity index (χ0n) is 12.4. The van der Waals surface area contributed by atoms with Gasteiger partial charge in [-0.15, -0.1) is 0 Å². The molecule has 1 aromatic rings. The van der Waals surface area contributed by atoms with Crippen molar-refractivity contribution in [1.29, 1.82) is 0 Å². The average Bonchev–Trinajstić information content (AvgIpc) is 2.86. The third kappa shape index (κ3) is 2.98. The molecule has 1 aliphatic heterocycles. The molecule has 1 fully saturated rings. The fourth-order valence-electron chi connectivity index (χ4n) is 3.22. The molecule has 5 unspecified atom stereocenters. The molecule has 2 N–H and O–H groups in total. The SMILES string of the molecule is CCCn1ncnc1CC(N)C1C(C)OC(C)C1C. The van der Waals surface area contributed by atoms with Crippen molar-refractivity contribution in [2.24, 2.45) is 17.6 Å².